The number of nitrogens with one attached hydrogen (secondary N) is 1. The van der Waals surface area contributed by atoms with Crippen LogP contribution in [0.2, 0.25) is 0 Å². The third-order valence-electron chi connectivity index (χ3n) is 2.75. The van der Waals surface area contributed by atoms with Crippen LogP contribution in [-0.4, -0.2) is 16.1 Å². The Balaban J connectivity index is 2.27. The van der Waals surface area contributed by atoms with Crippen molar-refractivity contribution < 1.29 is 19.4 Å². The zero-order chi connectivity index (χ0) is 14.9. The van der Waals surface area contributed by atoms with E-state index in [1.54, 1.807) is 13.0 Å². The van der Waals surface area contributed by atoms with Gasteiger partial charge in [0.15, 0.2) is 11.5 Å². The number of halogens is 2. The summed E-state index contributed by atoms with van der Waals surface area (Å²) in [5.74, 6) is -1.70. The van der Waals surface area contributed by atoms with Crippen LogP contribution in [0.1, 0.15) is 15.9 Å². The number of benzene rings is 2. The SMILES string of the molecule is Cc1cc(Br)c(F)cc1NC(=O)c1ccc(O)c(O)c1. The molecule has 3 N–H and O–H groups in total. The topological polar surface area (TPSA) is 69.6 Å². The summed E-state index contributed by atoms with van der Waals surface area (Å²) in [6, 6.07) is 6.46. The van der Waals surface area contributed by atoms with Crippen molar-refractivity contribution in [3.63, 3.8) is 0 Å². The summed E-state index contributed by atoms with van der Waals surface area (Å²) in [5.41, 5.74) is 1.18. The van der Waals surface area contributed by atoms with Crippen LogP contribution in [-0.2, 0) is 0 Å². The Morgan fingerprint density at radius 2 is 1.90 bits per heavy atom. The smallest absolute Gasteiger partial charge is 0.255 e. The molecule has 0 spiro atoms. The van der Waals surface area contributed by atoms with Gasteiger partial charge >= 0.3 is 0 Å². The summed E-state index contributed by atoms with van der Waals surface area (Å²) in [7, 11) is 0. The highest BCUT2D eigenvalue weighted by Crippen LogP contribution is 2.27. The van der Waals surface area contributed by atoms with Crippen LogP contribution in [0.25, 0.3) is 0 Å². The van der Waals surface area contributed by atoms with Crippen molar-refractivity contribution in [1.29, 1.82) is 0 Å². The highest BCUT2D eigenvalue weighted by atomic mass is 79.9. The molecule has 0 atom stereocenters. The standard InChI is InChI=1S/C14H11BrFNO3/c1-7-4-9(15)10(16)6-11(7)17-14(20)8-2-3-12(18)13(19)5-8/h2-6,18-19H,1H3,(H,17,20). The number of carbonyl (C=O) groups is 1. The zero-order valence-electron chi connectivity index (χ0n) is 10.4. The molecule has 6 heteroatoms. The molecule has 4 nitrogen and oxygen atoms in total. The van der Waals surface area contributed by atoms with Gasteiger partial charge in [0, 0.05) is 11.3 Å². The lowest BCUT2D eigenvalue weighted by Gasteiger charge is -2.10. The quantitative estimate of drug-likeness (QED) is 0.732. The van der Waals surface area contributed by atoms with Gasteiger partial charge in [-0.3, -0.25) is 4.79 Å². The maximum atomic E-state index is 13.5. The van der Waals surface area contributed by atoms with E-state index in [2.05, 4.69) is 21.2 Å². The van der Waals surface area contributed by atoms with Gasteiger partial charge < -0.3 is 15.5 Å². The maximum Gasteiger partial charge on any atom is 0.255 e. The van der Waals surface area contributed by atoms with Crippen molar-refractivity contribution in [2.75, 3.05) is 5.32 Å². The molecule has 0 saturated carbocycles. The zero-order valence-corrected chi connectivity index (χ0v) is 12.0. The van der Waals surface area contributed by atoms with Gasteiger partial charge in [-0.1, -0.05) is 0 Å². The van der Waals surface area contributed by atoms with Crippen molar-refractivity contribution >= 4 is 27.5 Å². The lowest BCUT2D eigenvalue weighted by molar-refractivity contribution is 0.102. The molecule has 20 heavy (non-hydrogen) atoms. The van der Waals surface area contributed by atoms with Crippen LogP contribution in [0.4, 0.5) is 10.1 Å². The van der Waals surface area contributed by atoms with E-state index in [4.69, 9.17) is 0 Å². The lowest BCUT2D eigenvalue weighted by atomic mass is 10.1. The maximum absolute atomic E-state index is 13.5. The van der Waals surface area contributed by atoms with Crippen molar-refractivity contribution in [3.8, 4) is 11.5 Å². The van der Waals surface area contributed by atoms with Crippen LogP contribution in [0.5, 0.6) is 11.5 Å². The Hall–Kier alpha value is -2.08. The van der Waals surface area contributed by atoms with Crippen molar-refractivity contribution in [3.05, 3.63) is 51.7 Å². The van der Waals surface area contributed by atoms with Gasteiger partial charge in [0.25, 0.3) is 5.91 Å². The Morgan fingerprint density at radius 1 is 1.20 bits per heavy atom. The molecular formula is C14H11BrFNO3. The molecule has 0 fully saturated rings. The van der Waals surface area contributed by atoms with E-state index in [0.29, 0.717) is 15.7 Å². The van der Waals surface area contributed by atoms with Crippen LogP contribution >= 0.6 is 15.9 Å². The molecule has 2 aromatic rings. The number of hydrogen-bond acceptors (Lipinski definition) is 3. The van der Waals surface area contributed by atoms with Gasteiger partial charge in [0.05, 0.1) is 4.47 Å². The van der Waals surface area contributed by atoms with Gasteiger partial charge in [-0.15, -0.1) is 0 Å². The number of aryl methyl sites for hydroxylation is 1. The second-order valence-electron chi connectivity index (χ2n) is 4.24. The molecule has 0 aromatic heterocycles. The van der Waals surface area contributed by atoms with E-state index in [1.807, 2.05) is 0 Å². The van der Waals surface area contributed by atoms with Crippen molar-refractivity contribution in [1.82, 2.24) is 0 Å². The number of anilines is 1. The summed E-state index contributed by atoms with van der Waals surface area (Å²) in [4.78, 5) is 12.0. The Labute approximate surface area is 123 Å². The van der Waals surface area contributed by atoms with Crippen LogP contribution in [0.15, 0.2) is 34.8 Å². The first kappa shape index (κ1) is 14.3. The number of rotatable bonds is 2. The minimum absolute atomic E-state index is 0.156. The van der Waals surface area contributed by atoms with Gasteiger partial charge in [-0.25, -0.2) is 4.39 Å². The predicted molar refractivity (Wildman–Crippen MR) is 76.6 cm³/mol. The Morgan fingerprint density at radius 3 is 2.55 bits per heavy atom. The summed E-state index contributed by atoms with van der Waals surface area (Å²) in [5, 5.41) is 21.1. The summed E-state index contributed by atoms with van der Waals surface area (Å²) < 4.78 is 13.8. The van der Waals surface area contributed by atoms with E-state index in [1.165, 1.54) is 18.2 Å². The fourth-order valence-electron chi connectivity index (χ4n) is 1.64. The second kappa shape index (κ2) is 5.50. The fourth-order valence-corrected chi connectivity index (χ4v) is 2.10. The molecule has 0 heterocycles. The number of carbonyl (C=O) groups excluding carboxylic acids is 1. The Kier molecular flexibility index (Phi) is 3.94. The van der Waals surface area contributed by atoms with Gasteiger partial charge in [0.2, 0.25) is 0 Å². The molecular weight excluding hydrogens is 329 g/mol. The molecule has 0 bridgehead atoms. The molecule has 0 aliphatic carbocycles. The van der Waals surface area contributed by atoms with Gasteiger partial charge in [-0.05, 0) is 58.7 Å². The Bertz CT molecular complexity index is 688. The van der Waals surface area contributed by atoms with Crippen LogP contribution < -0.4 is 5.32 Å². The molecule has 2 rings (SSSR count). The largest absolute Gasteiger partial charge is 0.504 e. The molecule has 104 valence electrons. The molecule has 0 saturated heterocycles. The minimum atomic E-state index is -0.509. The van der Waals surface area contributed by atoms with E-state index >= 15 is 0 Å². The van der Waals surface area contributed by atoms with Gasteiger partial charge in [0.1, 0.15) is 5.82 Å². The number of phenolic OH excluding ortho intramolecular Hbond substituents is 2. The first-order valence-corrected chi connectivity index (χ1v) is 6.47. The van der Waals surface area contributed by atoms with Crippen molar-refractivity contribution in [2.45, 2.75) is 6.92 Å². The van der Waals surface area contributed by atoms with Crippen molar-refractivity contribution in [2.24, 2.45) is 0 Å². The molecule has 2 aromatic carbocycles. The average molecular weight is 340 g/mol. The number of phenols is 2. The van der Waals surface area contributed by atoms with Crippen LogP contribution in [0.3, 0.4) is 0 Å². The number of aromatic hydroxyl groups is 2. The molecule has 1 amide bonds. The summed E-state index contributed by atoms with van der Waals surface area (Å²) in [6.45, 7) is 1.73. The molecule has 0 radical (unpaired) electrons. The highest BCUT2D eigenvalue weighted by molar-refractivity contribution is 9.10. The average Bonchev–Trinajstić information content (AvgIpc) is 2.39. The second-order valence-corrected chi connectivity index (χ2v) is 5.09. The normalized spacial score (nSPS) is 10.3. The minimum Gasteiger partial charge on any atom is -0.504 e. The monoisotopic (exact) mass is 339 g/mol. The molecule has 0 aliphatic rings. The predicted octanol–water partition coefficient (Wildman–Crippen LogP) is 3.56. The first-order chi connectivity index (χ1) is 9.38. The number of hydrogen-bond donors (Lipinski definition) is 3. The van der Waals surface area contributed by atoms with E-state index in [0.717, 1.165) is 6.07 Å². The number of amides is 1. The van der Waals surface area contributed by atoms with Crippen LogP contribution in [0, 0.1) is 12.7 Å². The summed E-state index contributed by atoms with van der Waals surface area (Å²) in [6.07, 6.45) is 0. The first-order valence-electron chi connectivity index (χ1n) is 5.67. The molecule has 0 aliphatic heterocycles. The van der Waals surface area contributed by atoms with E-state index in [-0.39, 0.29) is 11.3 Å². The van der Waals surface area contributed by atoms with Gasteiger partial charge in [-0.2, -0.15) is 0 Å². The fraction of sp³-hybridized carbons (Fsp3) is 0.0714. The van der Waals surface area contributed by atoms with E-state index < -0.39 is 17.5 Å². The lowest BCUT2D eigenvalue weighted by Crippen LogP contribution is -2.13. The molecule has 0 unspecified atom stereocenters. The summed E-state index contributed by atoms with van der Waals surface area (Å²) >= 11 is 3.06. The highest BCUT2D eigenvalue weighted by Gasteiger charge is 2.12. The third kappa shape index (κ3) is 2.91. The third-order valence-corrected chi connectivity index (χ3v) is 3.36. The van der Waals surface area contributed by atoms with E-state index in [9.17, 15) is 19.4 Å².